The first-order valence-corrected chi connectivity index (χ1v) is 6.25. The van der Waals surface area contributed by atoms with Crippen molar-refractivity contribution in [2.75, 3.05) is 0 Å². The zero-order valence-corrected chi connectivity index (χ0v) is 10.7. The van der Waals surface area contributed by atoms with Gasteiger partial charge in [-0.1, -0.05) is 30.0 Å². The van der Waals surface area contributed by atoms with Crippen molar-refractivity contribution in [2.24, 2.45) is 5.73 Å². The minimum Gasteiger partial charge on any atom is -0.450 e. The maximum Gasteiger partial charge on any atom is 0.259 e. The van der Waals surface area contributed by atoms with E-state index in [2.05, 4.69) is 0 Å². The fourth-order valence-electron chi connectivity index (χ4n) is 1.37. The van der Waals surface area contributed by atoms with Gasteiger partial charge in [0, 0.05) is 11.0 Å². The lowest BCUT2D eigenvalue weighted by Gasteiger charge is -1.96. The molecular formula is C14H10N2O2S. The fraction of sp³-hybridized carbons (Fsp3) is 0. The molecule has 0 fully saturated rings. The van der Waals surface area contributed by atoms with Gasteiger partial charge in [-0.2, -0.15) is 5.26 Å². The van der Waals surface area contributed by atoms with Crippen LogP contribution in [0.15, 0.2) is 62.4 Å². The van der Waals surface area contributed by atoms with Gasteiger partial charge in [-0.05, 0) is 24.3 Å². The first-order chi connectivity index (χ1) is 9.19. The molecule has 19 heavy (non-hydrogen) atoms. The van der Waals surface area contributed by atoms with Gasteiger partial charge in [-0.25, -0.2) is 0 Å². The lowest BCUT2D eigenvalue weighted by molar-refractivity contribution is -0.114. The number of carbonyl (C=O) groups excluding carboxylic acids is 1. The summed E-state index contributed by atoms with van der Waals surface area (Å²) in [4.78, 5) is 12.0. The minimum absolute atomic E-state index is 0.134. The van der Waals surface area contributed by atoms with E-state index in [1.165, 1.54) is 17.8 Å². The van der Waals surface area contributed by atoms with Gasteiger partial charge in [0.15, 0.2) is 5.09 Å². The molecule has 1 heterocycles. The zero-order valence-electron chi connectivity index (χ0n) is 9.87. The molecule has 4 nitrogen and oxygen atoms in total. The van der Waals surface area contributed by atoms with Crippen molar-refractivity contribution in [1.29, 1.82) is 5.26 Å². The summed E-state index contributed by atoms with van der Waals surface area (Å²) in [7, 11) is 0. The molecule has 0 unspecified atom stereocenters. The molecule has 0 bridgehead atoms. The number of rotatable bonds is 4. The standard InChI is InChI=1S/C14H10N2O2S/c15-9-10(14(16)17)8-11-6-7-13(18-11)19-12-4-2-1-3-5-12/h1-8H,(H2,16,17)/b10-8-. The zero-order chi connectivity index (χ0) is 13.7. The number of carbonyl (C=O) groups is 1. The number of nitrogens with zero attached hydrogens (tertiary/aromatic N) is 1. The molecule has 1 aromatic carbocycles. The third-order valence-electron chi connectivity index (χ3n) is 2.24. The Balaban J connectivity index is 2.16. The molecule has 5 heteroatoms. The maximum absolute atomic E-state index is 10.9. The molecule has 0 atom stereocenters. The summed E-state index contributed by atoms with van der Waals surface area (Å²) in [6.45, 7) is 0. The highest BCUT2D eigenvalue weighted by atomic mass is 32.2. The molecule has 0 spiro atoms. The van der Waals surface area contributed by atoms with Crippen LogP contribution in [0.2, 0.25) is 0 Å². The summed E-state index contributed by atoms with van der Waals surface area (Å²) in [5.74, 6) is -0.343. The van der Waals surface area contributed by atoms with E-state index in [-0.39, 0.29) is 5.57 Å². The highest BCUT2D eigenvalue weighted by molar-refractivity contribution is 7.99. The van der Waals surface area contributed by atoms with Gasteiger partial charge in [0.2, 0.25) is 0 Å². The van der Waals surface area contributed by atoms with Crippen molar-refractivity contribution in [1.82, 2.24) is 0 Å². The van der Waals surface area contributed by atoms with E-state index in [1.54, 1.807) is 18.2 Å². The lowest BCUT2D eigenvalue weighted by atomic mass is 10.2. The third kappa shape index (κ3) is 3.50. The number of nitriles is 1. The smallest absolute Gasteiger partial charge is 0.259 e. The van der Waals surface area contributed by atoms with Crippen LogP contribution in [0.5, 0.6) is 0 Å². The largest absolute Gasteiger partial charge is 0.450 e. The summed E-state index contributed by atoms with van der Waals surface area (Å²) >= 11 is 1.46. The molecular weight excluding hydrogens is 260 g/mol. The summed E-state index contributed by atoms with van der Waals surface area (Å²) in [5, 5.41) is 9.41. The van der Waals surface area contributed by atoms with E-state index >= 15 is 0 Å². The predicted octanol–water partition coefficient (Wildman–Crippen LogP) is 2.82. The second-order valence-electron chi connectivity index (χ2n) is 3.61. The highest BCUT2D eigenvalue weighted by Crippen LogP contribution is 2.29. The van der Waals surface area contributed by atoms with Crippen molar-refractivity contribution in [3.8, 4) is 6.07 Å². The van der Waals surface area contributed by atoms with Crippen molar-refractivity contribution in [3.05, 3.63) is 53.8 Å². The van der Waals surface area contributed by atoms with E-state index < -0.39 is 5.91 Å². The Kier molecular flexibility index (Phi) is 4.06. The molecule has 2 rings (SSSR count). The van der Waals surface area contributed by atoms with Crippen LogP contribution in [0.3, 0.4) is 0 Å². The van der Waals surface area contributed by atoms with Crippen LogP contribution < -0.4 is 5.73 Å². The SMILES string of the molecule is N#C/C(=C/c1ccc(Sc2ccccc2)o1)C(N)=O. The molecule has 0 saturated carbocycles. The Hall–Kier alpha value is -2.45. The topological polar surface area (TPSA) is 80.0 Å². The maximum atomic E-state index is 10.9. The Morgan fingerprint density at radius 2 is 2.00 bits per heavy atom. The number of primary amides is 1. The molecule has 94 valence electrons. The Morgan fingerprint density at radius 3 is 2.63 bits per heavy atom. The first kappa shape index (κ1) is 13.0. The van der Waals surface area contributed by atoms with Crippen LogP contribution in [0, 0.1) is 11.3 Å². The minimum atomic E-state index is -0.767. The first-order valence-electron chi connectivity index (χ1n) is 5.43. The lowest BCUT2D eigenvalue weighted by Crippen LogP contribution is -2.12. The van der Waals surface area contributed by atoms with Gasteiger partial charge in [0.25, 0.3) is 5.91 Å². The number of nitrogens with two attached hydrogens (primary N) is 1. The Labute approximate surface area is 114 Å². The van der Waals surface area contributed by atoms with Crippen LogP contribution in [-0.4, -0.2) is 5.91 Å². The highest BCUT2D eigenvalue weighted by Gasteiger charge is 2.07. The summed E-state index contributed by atoms with van der Waals surface area (Å²) < 4.78 is 5.50. The van der Waals surface area contributed by atoms with E-state index in [0.29, 0.717) is 10.9 Å². The number of hydrogen-bond donors (Lipinski definition) is 1. The van der Waals surface area contributed by atoms with Crippen molar-refractivity contribution >= 4 is 23.7 Å². The monoisotopic (exact) mass is 270 g/mol. The number of amides is 1. The number of furan rings is 1. The van der Waals surface area contributed by atoms with Gasteiger partial charge in [-0.15, -0.1) is 0 Å². The van der Waals surface area contributed by atoms with Crippen LogP contribution >= 0.6 is 11.8 Å². The van der Waals surface area contributed by atoms with Gasteiger partial charge in [0.05, 0.1) is 0 Å². The Bertz CT molecular complexity index is 654. The van der Waals surface area contributed by atoms with Crippen LogP contribution in [0.25, 0.3) is 6.08 Å². The number of benzene rings is 1. The van der Waals surface area contributed by atoms with Gasteiger partial charge in [-0.3, -0.25) is 4.79 Å². The van der Waals surface area contributed by atoms with Crippen LogP contribution in [0.4, 0.5) is 0 Å². The summed E-state index contributed by atoms with van der Waals surface area (Å²) in [6.07, 6.45) is 1.33. The second kappa shape index (κ2) is 5.94. The third-order valence-corrected chi connectivity index (χ3v) is 3.16. The summed E-state index contributed by atoms with van der Waals surface area (Å²) in [5.41, 5.74) is 4.92. The summed E-state index contributed by atoms with van der Waals surface area (Å²) in [6, 6.07) is 14.9. The molecule has 1 aromatic heterocycles. The molecule has 0 aliphatic rings. The molecule has 0 radical (unpaired) electrons. The van der Waals surface area contributed by atoms with Gasteiger partial charge >= 0.3 is 0 Å². The van der Waals surface area contributed by atoms with Gasteiger partial charge in [0.1, 0.15) is 17.4 Å². The molecule has 0 aliphatic carbocycles. The van der Waals surface area contributed by atoms with Crippen molar-refractivity contribution in [3.63, 3.8) is 0 Å². The quantitative estimate of drug-likeness (QED) is 0.684. The second-order valence-corrected chi connectivity index (χ2v) is 4.68. The molecule has 1 amide bonds. The van der Waals surface area contributed by atoms with Crippen molar-refractivity contribution in [2.45, 2.75) is 9.99 Å². The van der Waals surface area contributed by atoms with E-state index in [4.69, 9.17) is 15.4 Å². The van der Waals surface area contributed by atoms with Crippen LogP contribution in [0.1, 0.15) is 5.76 Å². The number of hydrogen-bond acceptors (Lipinski definition) is 4. The molecule has 2 N–H and O–H groups in total. The molecule has 2 aromatic rings. The average molecular weight is 270 g/mol. The van der Waals surface area contributed by atoms with Gasteiger partial charge < -0.3 is 10.2 Å². The van der Waals surface area contributed by atoms with Crippen LogP contribution in [-0.2, 0) is 4.79 Å². The molecule has 0 saturated heterocycles. The van der Waals surface area contributed by atoms with E-state index in [9.17, 15) is 4.79 Å². The van der Waals surface area contributed by atoms with E-state index in [0.717, 1.165) is 4.90 Å². The normalized spacial score (nSPS) is 11.0. The van der Waals surface area contributed by atoms with Crippen molar-refractivity contribution < 1.29 is 9.21 Å². The Morgan fingerprint density at radius 1 is 1.26 bits per heavy atom. The predicted molar refractivity (Wildman–Crippen MR) is 72.1 cm³/mol. The molecule has 0 aliphatic heterocycles. The average Bonchev–Trinajstić information content (AvgIpc) is 2.84. The fourth-order valence-corrected chi connectivity index (χ4v) is 2.17. The van der Waals surface area contributed by atoms with E-state index in [1.807, 2.05) is 30.3 Å².